The first-order valence-electron chi connectivity index (χ1n) is 7.93. The summed E-state index contributed by atoms with van der Waals surface area (Å²) in [6, 6.07) is 4.78. The molecule has 0 unspecified atom stereocenters. The summed E-state index contributed by atoms with van der Waals surface area (Å²) in [6.45, 7) is 2.08. The van der Waals surface area contributed by atoms with Crippen molar-refractivity contribution >= 4 is 23.5 Å². The number of nitrogens with zero attached hydrogens (tertiary/aromatic N) is 2. The van der Waals surface area contributed by atoms with Gasteiger partial charge in [-0.25, -0.2) is 4.79 Å². The lowest BCUT2D eigenvalue weighted by molar-refractivity contribution is -0.129. The number of benzene rings is 1. The third-order valence-corrected chi connectivity index (χ3v) is 4.79. The van der Waals surface area contributed by atoms with Crippen LogP contribution >= 0.6 is 11.6 Å². The summed E-state index contributed by atoms with van der Waals surface area (Å²) in [5, 5.41) is 9.87. The van der Waals surface area contributed by atoms with E-state index in [0.717, 1.165) is 0 Å². The van der Waals surface area contributed by atoms with Crippen molar-refractivity contribution in [3.05, 3.63) is 56.5 Å². The minimum Gasteiger partial charge on any atom is -0.497 e. The van der Waals surface area contributed by atoms with E-state index in [2.05, 4.69) is 0 Å². The van der Waals surface area contributed by atoms with Crippen molar-refractivity contribution in [2.45, 2.75) is 19.9 Å². The van der Waals surface area contributed by atoms with E-state index in [1.807, 2.05) is 0 Å². The van der Waals surface area contributed by atoms with Crippen molar-refractivity contribution in [2.75, 3.05) is 13.7 Å². The molecule has 136 valence electrons. The molecule has 2 aromatic rings. The average molecular weight is 377 g/mol. The van der Waals surface area contributed by atoms with Crippen LogP contribution in [0.1, 0.15) is 28.4 Å². The van der Waals surface area contributed by atoms with Crippen molar-refractivity contribution in [3.63, 3.8) is 0 Å². The van der Waals surface area contributed by atoms with Gasteiger partial charge in [0.15, 0.2) is 0 Å². The monoisotopic (exact) mass is 376 g/mol. The molecule has 0 aliphatic carbocycles. The molecule has 8 heteroatoms. The summed E-state index contributed by atoms with van der Waals surface area (Å²) in [4.78, 5) is 37.9. The molecule has 2 heterocycles. The van der Waals surface area contributed by atoms with Crippen LogP contribution in [0.3, 0.4) is 0 Å². The number of rotatable bonds is 3. The van der Waals surface area contributed by atoms with Gasteiger partial charge in [-0.2, -0.15) is 0 Å². The molecule has 7 nitrogen and oxygen atoms in total. The second-order valence-corrected chi connectivity index (χ2v) is 6.40. The zero-order valence-electron chi connectivity index (χ0n) is 14.3. The minimum atomic E-state index is -1.30. The van der Waals surface area contributed by atoms with Gasteiger partial charge < -0.3 is 14.7 Å². The van der Waals surface area contributed by atoms with Gasteiger partial charge >= 0.3 is 5.97 Å². The van der Waals surface area contributed by atoms with Gasteiger partial charge in [-0.3, -0.25) is 14.2 Å². The van der Waals surface area contributed by atoms with Gasteiger partial charge in [0, 0.05) is 32.3 Å². The Bertz CT molecular complexity index is 967. The molecule has 0 bridgehead atoms. The van der Waals surface area contributed by atoms with Gasteiger partial charge in [-0.05, 0) is 29.7 Å². The Morgan fingerprint density at radius 3 is 2.65 bits per heavy atom. The van der Waals surface area contributed by atoms with Crippen molar-refractivity contribution in [3.8, 4) is 11.4 Å². The SMILES string of the molecule is COc1ccc(Cl)c(-n2cc3c(c(C(=O)O)c2=O)CCN(C(C)=O)C3)c1. The molecule has 26 heavy (non-hydrogen) atoms. The topological polar surface area (TPSA) is 88.8 Å². The Hall–Kier alpha value is -2.80. The van der Waals surface area contributed by atoms with E-state index < -0.39 is 11.5 Å². The van der Waals surface area contributed by atoms with Crippen LogP contribution in [0.15, 0.2) is 29.2 Å². The number of carboxylic acids is 1. The Kier molecular flexibility index (Phi) is 4.73. The minimum absolute atomic E-state index is 0.107. The van der Waals surface area contributed by atoms with Gasteiger partial charge in [-0.15, -0.1) is 0 Å². The lowest BCUT2D eigenvalue weighted by atomic mass is 9.96. The Labute approximate surface area is 154 Å². The molecule has 0 radical (unpaired) electrons. The zero-order valence-corrected chi connectivity index (χ0v) is 15.0. The molecule has 0 saturated heterocycles. The smallest absolute Gasteiger partial charge is 0.341 e. The average Bonchev–Trinajstić information content (AvgIpc) is 2.61. The second-order valence-electron chi connectivity index (χ2n) is 6.00. The number of methoxy groups -OCH3 is 1. The Morgan fingerprint density at radius 1 is 1.31 bits per heavy atom. The van der Waals surface area contributed by atoms with Crippen LogP contribution in [0.25, 0.3) is 5.69 Å². The van der Waals surface area contributed by atoms with E-state index in [-0.39, 0.29) is 23.0 Å². The van der Waals surface area contributed by atoms with Crippen LogP contribution in [-0.2, 0) is 17.8 Å². The van der Waals surface area contributed by atoms with Gasteiger partial charge in [0.2, 0.25) is 5.91 Å². The summed E-state index contributed by atoms with van der Waals surface area (Å²) in [6.07, 6.45) is 1.87. The number of halogens is 1. The Balaban J connectivity index is 2.26. The number of amides is 1. The quantitative estimate of drug-likeness (QED) is 0.886. The number of aromatic nitrogens is 1. The molecule has 1 aromatic heterocycles. The first-order valence-corrected chi connectivity index (χ1v) is 8.31. The number of hydrogen-bond donors (Lipinski definition) is 1. The van der Waals surface area contributed by atoms with Gasteiger partial charge in [0.25, 0.3) is 5.56 Å². The zero-order chi connectivity index (χ0) is 19.0. The molecule has 0 fully saturated rings. The second kappa shape index (κ2) is 6.84. The highest BCUT2D eigenvalue weighted by atomic mass is 35.5. The van der Waals surface area contributed by atoms with Crippen LogP contribution in [0.5, 0.6) is 5.75 Å². The lowest BCUT2D eigenvalue weighted by Crippen LogP contribution is -2.38. The van der Waals surface area contributed by atoms with E-state index >= 15 is 0 Å². The van der Waals surface area contributed by atoms with E-state index in [1.165, 1.54) is 18.6 Å². The highest BCUT2D eigenvalue weighted by Crippen LogP contribution is 2.27. The molecular weight excluding hydrogens is 360 g/mol. The van der Waals surface area contributed by atoms with E-state index in [1.54, 1.807) is 29.3 Å². The number of carbonyl (C=O) groups excluding carboxylic acids is 1. The van der Waals surface area contributed by atoms with Crippen LogP contribution in [0, 0.1) is 0 Å². The summed E-state index contributed by atoms with van der Waals surface area (Å²) in [5.41, 5.74) is 0.450. The summed E-state index contributed by atoms with van der Waals surface area (Å²) in [7, 11) is 1.48. The molecule has 1 aromatic carbocycles. The third-order valence-electron chi connectivity index (χ3n) is 4.47. The third kappa shape index (κ3) is 3.06. The van der Waals surface area contributed by atoms with Crippen molar-refractivity contribution < 1.29 is 19.4 Å². The first-order chi connectivity index (χ1) is 12.3. The summed E-state index contributed by atoms with van der Waals surface area (Å²) in [5.74, 6) is -0.920. The fourth-order valence-corrected chi connectivity index (χ4v) is 3.34. The number of ether oxygens (including phenoxy) is 1. The molecule has 3 rings (SSSR count). The van der Waals surface area contributed by atoms with Crippen molar-refractivity contribution in [2.24, 2.45) is 0 Å². The number of fused-ring (bicyclic) bond motifs is 1. The van der Waals surface area contributed by atoms with Gasteiger partial charge in [-0.1, -0.05) is 11.6 Å². The number of pyridine rings is 1. The van der Waals surface area contributed by atoms with Crippen molar-refractivity contribution in [1.82, 2.24) is 9.47 Å². The fraction of sp³-hybridized carbons (Fsp3) is 0.278. The highest BCUT2D eigenvalue weighted by Gasteiger charge is 2.27. The molecule has 1 amide bonds. The molecular formula is C18H17ClN2O5. The van der Waals surface area contributed by atoms with Gasteiger partial charge in [0.1, 0.15) is 11.3 Å². The lowest BCUT2D eigenvalue weighted by Gasteiger charge is -2.29. The van der Waals surface area contributed by atoms with E-state index in [4.69, 9.17) is 16.3 Å². The molecule has 1 N–H and O–H groups in total. The standard InChI is InChI=1S/C18H17ClN2O5/c1-10(22)20-6-5-13-11(8-20)9-21(17(23)16(13)18(24)25)15-7-12(26-2)3-4-14(15)19/h3-4,7,9H,5-6,8H2,1-2H3,(H,24,25). The largest absolute Gasteiger partial charge is 0.497 e. The number of carboxylic acid groups (broad SMARTS) is 1. The number of aromatic carboxylic acids is 1. The van der Waals surface area contributed by atoms with Crippen LogP contribution in [0.2, 0.25) is 5.02 Å². The van der Waals surface area contributed by atoms with E-state index in [0.29, 0.717) is 35.5 Å². The predicted octanol–water partition coefficient (Wildman–Crippen LogP) is 2.10. The predicted molar refractivity (Wildman–Crippen MR) is 95.4 cm³/mol. The molecule has 1 aliphatic rings. The number of hydrogen-bond acceptors (Lipinski definition) is 4. The molecule has 0 saturated carbocycles. The summed E-state index contributed by atoms with van der Waals surface area (Å²) < 4.78 is 6.37. The maximum atomic E-state index is 12.9. The normalized spacial score (nSPS) is 13.3. The molecule has 0 spiro atoms. The van der Waals surface area contributed by atoms with Crippen LogP contribution in [0.4, 0.5) is 0 Å². The van der Waals surface area contributed by atoms with Gasteiger partial charge in [0.05, 0.1) is 17.8 Å². The molecule has 0 atom stereocenters. The maximum absolute atomic E-state index is 12.9. The van der Waals surface area contributed by atoms with Crippen molar-refractivity contribution in [1.29, 1.82) is 0 Å². The van der Waals surface area contributed by atoms with E-state index in [9.17, 15) is 19.5 Å². The molecule has 1 aliphatic heterocycles. The van der Waals surface area contributed by atoms with Crippen LogP contribution < -0.4 is 10.3 Å². The van der Waals surface area contributed by atoms with Crippen LogP contribution in [-0.4, -0.2) is 40.1 Å². The number of carbonyl (C=O) groups is 2. The highest BCUT2D eigenvalue weighted by molar-refractivity contribution is 6.32. The fourth-order valence-electron chi connectivity index (χ4n) is 3.13. The maximum Gasteiger partial charge on any atom is 0.341 e. The first kappa shape index (κ1) is 18.0. The summed E-state index contributed by atoms with van der Waals surface area (Å²) >= 11 is 6.23. The Morgan fingerprint density at radius 2 is 2.04 bits per heavy atom.